The first-order valence-electron chi connectivity index (χ1n) is 14.9. The van der Waals surface area contributed by atoms with Crippen molar-refractivity contribution < 1.29 is 38.5 Å². The summed E-state index contributed by atoms with van der Waals surface area (Å²) in [6.45, 7) is 14.3. The summed E-state index contributed by atoms with van der Waals surface area (Å²) in [5.74, 6) is -1.93. The van der Waals surface area contributed by atoms with E-state index in [2.05, 4.69) is 5.32 Å². The van der Waals surface area contributed by atoms with Crippen molar-refractivity contribution in [3.05, 3.63) is 35.9 Å². The Kier molecular flexibility index (Phi) is 15.1. The van der Waals surface area contributed by atoms with Gasteiger partial charge in [0.15, 0.2) is 0 Å². The molecule has 3 amide bonds. The van der Waals surface area contributed by atoms with Crippen LogP contribution in [0.4, 0.5) is 4.79 Å². The summed E-state index contributed by atoms with van der Waals surface area (Å²) in [7, 11) is 4.48. The van der Waals surface area contributed by atoms with Gasteiger partial charge in [-0.1, -0.05) is 64.4 Å². The van der Waals surface area contributed by atoms with Crippen LogP contribution in [0.1, 0.15) is 73.8 Å². The highest BCUT2D eigenvalue weighted by Crippen LogP contribution is 2.24. The van der Waals surface area contributed by atoms with Crippen LogP contribution in [0.5, 0.6) is 0 Å². The minimum Gasteiger partial charge on any atom is -0.460 e. The quantitative estimate of drug-likeness (QED) is 0.288. The van der Waals surface area contributed by atoms with Crippen LogP contribution in [-0.4, -0.2) is 95.9 Å². The number of carbonyl (C=O) groups excluding carboxylic acids is 4. The van der Waals surface area contributed by atoms with E-state index in [1.807, 2.05) is 32.0 Å². The Balaban J connectivity index is 3.16. The molecule has 0 aromatic heterocycles. The van der Waals surface area contributed by atoms with Crippen molar-refractivity contribution in [3.63, 3.8) is 0 Å². The number of benzene rings is 1. The van der Waals surface area contributed by atoms with Crippen molar-refractivity contribution in [2.75, 3.05) is 21.2 Å². The third kappa shape index (κ3) is 11.8. The summed E-state index contributed by atoms with van der Waals surface area (Å²) in [6.07, 6.45) is -2.06. The lowest BCUT2D eigenvalue weighted by Gasteiger charge is -2.40. The topological polar surface area (TPSA) is 135 Å². The number of rotatable bonds is 15. The highest BCUT2D eigenvalue weighted by molar-refractivity contribution is 5.92. The van der Waals surface area contributed by atoms with Crippen LogP contribution in [-0.2, 0) is 35.2 Å². The Morgan fingerprint density at radius 1 is 0.977 bits per heavy atom. The van der Waals surface area contributed by atoms with Gasteiger partial charge < -0.3 is 29.5 Å². The van der Waals surface area contributed by atoms with Gasteiger partial charge in [0.1, 0.15) is 24.3 Å². The lowest BCUT2D eigenvalue weighted by Crippen LogP contribution is -2.61. The number of likely N-dealkylation sites (N-methyl/N-ethyl adjacent to an activating group) is 2. The molecule has 0 bridgehead atoms. The van der Waals surface area contributed by atoms with Crippen LogP contribution in [0, 0.1) is 11.8 Å². The van der Waals surface area contributed by atoms with Crippen LogP contribution < -0.4 is 5.32 Å². The highest BCUT2D eigenvalue weighted by Gasteiger charge is 2.40. The second kappa shape index (κ2) is 17.2. The molecule has 6 atom stereocenters. The molecule has 0 aliphatic carbocycles. The van der Waals surface area contributed by atoms with Crippen LogP contribution in [0.3, 0.4) is 0 Å². The molecule has 0 fully saturated rings. The molecule has 43 heavy (non-hydrogen) atoms. The molecule has 1 aromatic rings. The summed E-state index contributed by atoms with van der Waals surface area (Å²) in [5.41, 5.74) is 0.102. The maximum atomic E-state index is 13.9. The van der Waals surface area contributed by atoms with Gasteiger partial charge in [-0.2, -0.15) is 0 Å². The smallest absolute Gasteiger partial charge is 0.410 e. The van der Waals surface area contributed by atoms with Gasteiger partial charge in [0.25, 0.3) is 0 Å². The van der Waals surface area contributed by atoms with Crippen molar-refractivity contribution in [1.29, 1.82) is 0 Å². The first-order valence-corrected chi connectivity index (χ1v) is 14.9. The molecule has 11 heteroatoms. The van der Waals surface area contributed by atoms with E-state index in [0.717, 1.165) is 10.5 Å². The van der Waals surface area contributed by atoms with Crippen molar-refractivity contribution in [1.82, 2.24) is 15.1 Å². The molecule has 0 spiro atoms. The van der Waals surface area contributed by atoms with E-state index in [1.54, 1.807) is 53.8 Å². The first kappa shape index (κ1) is 37.8. The number of ether oxygens (including phenoxy) is 3. The molecule has 11 nitrogen and oxygen atoms in total. The Bertz CT molecular complexity index is 1040. The molecule has 0 aliphatic rings. The normalized spacial score (nSPS) is 15.8. The predicted octanol–water partition coefficient (Wildman–Crippen LogP) is 3.77. The number of aliphatic hydroxyl groups excluding tert-OH is 1. The summed E-state index contributed by atoms with van der Waals surface area (Å²) < 4.78 is 16.6. The number of amides is 3. The number of hydrogen-bond acceptors (Lipinski definition) is 8. The minimum absolute atomic E-state index is 0.00295. The number of aliphatic hydroxyl groups is 1. The summed E-state index contributed by atoms with van der Waals surface area (Å²) >= 11 is 0. The van der Waals surface area contributed by atoms with Crippen LogP contribution in [0.2, 0.25) is 0 Å². The van der Waals surface area contributed by atoms with E-state index in [1.165, 1.54) is 26.0 Å². The third-order valence-electron chi connectivity index (χ3n) is 7.36. The van der Waals surface area contributed by atoms with Gasteiger partial charge in [-0.15, -0.1) is 0 Å². The summed E-state index contributed by atoms with van der Waals surface area (Å²) in [4.78, 5) is 55.5. The standard InChI is InChI=1S/C32H53N3O8/c1-12-21(4)27(24(41-11)18-25(37)43-32(6,7)8)34(9)30(39)26(20(2)3)33-29(38)28(22(5)36)35(10)31(40)42-19-23-16-14-13-15-17-23/h13-17,20-22,24,26-28,36H,12,18-19H2,1-11H3,(H,33,38)/t21-,22?,24+,26-,27-,28-/m0/s1. The van der Waals surface area contributed by atoms with E-state index in [-0.39, 0.29) is 24.9 Å². The number of carbonyl (C=O) groups is 4. The molecular formula is C32H53N3O8. The molecule has 1 rings (SSSR count). The zero-order valence-electron chi connectivity index (χ0n) is 27.7. The van der Waals surface area contributed by atoms with E-state index in [4.69, 9.17) is 14.2 Å². The van der Waals surface area contributed by atoms with Crippen molar-refractivity contribution in [2.45, 2.75) is 111 Å². The molecule has 1 aromatic carbocycles. The van der Waals surface area contributed by atoms with Gasteiger partial charge >= 0.3 is 12.1 Å². The third-order valence-corrected chi connectivity index (χ3v) is 7.36. The zero-order valence-corrected chi connectivity index (χ0v) is 27.7. The number of nitrogens with zero attached hydrogens (tertiary/aromatic N) is 2. The molecule has 0 saturated carbocycles. The number of hydrogen-bond donors (Lipinski definition) is 2. The van der Waals surface area contributed by atoms with Gasteiger partial charge in [-0.25, -0.2) is 4.79 Å². The average Bonchev–Trinajstić information content (AvgIpc) is 2.92. The second-order valence-corrected chi connectivity index (χ2v) is 12.5. The monoisotopic (exact) mass is 607 g/mol. The fraction of sp³-hybridized carbons (Fsp3) is 0.688. The van der Waals surface area contributed by atoms with E-state index in [9.17, 15) is 24.3 Å². The zero-order chi connectivity index (χ0) is 33.1. The lowest BCUT2D eigenvalue weighted by atomic mass is 9.90. The van der Waals surface area contributed by atoms with Crippen LogP contribution >= 0.6 is 0 Å². The van der Waals surface area contributed by atoms with Crippen LogP contribution in [0.25, 0.3) is 0 Å². The SMILES string of the molecule is CC[C@H](C)[C@@H]([C@@H](CC(=O)OC(C)(C)C)OC)N(C)C(=O)[C@@H](NC(=O)[C@H](C(C)O)N(C)C(=O)OCc1ccccc1)C(C)C. The molecular weight excluding hydrogens is 554 g/mol. The lowest BCUT2D eigenvalue weighted by molar-refractivity contribution is -0.161. The molecule has 244 valence electrons. The first-order chi connectivity index (χ1) is 19.9. The summed E-state index contributed by atoms with van der Waals surface area (Å²) in [6, 6.07) is 6.28. The molecule has 0 radical (unpaired) electrons. The molecule has 1 unspecified atom stereocenters. The minimum atomic E-state index is -1.31. The number of methoxy groups -OCH3 is 1. The fourth-order valence-electron chi connectivity index (χ4n) is 4.90. The number of nitrogens with one attached hydrogen (secondary N) is 1. The Morgan fingerprint density at radius 3 is 2.02 bits per heavy atom. The van der Waals surface area contributed by atoms with Gasteiger partial charge in [-0.3, -0.25) is 19.3 Å². The van der Waals surface area contributed by atoms with E-state index in [0.29, 0.717) is 6.42 Å². The van der Waals surface area contributed by atoms with Crippen molar-refractivity contribution in [2.24, 2.45) is 11.8 Å². The maximum Gasteiger partial charge on any atom is 0.410 e. The summed E-state index contributed by atoms with van der Waals surface area (Å²) in [5, 5.41) is 13.2. The molecule has 0 aliphatic heterocycles. The van der Waals surface area contributed by atoms with Crippen molar-refractivity contribution in [3.8, 4) is 0 Å². The fourth-order valence-corrected chi connectivity index (χ4v) is 4.90. The second-order valence-electron chi connectivity index (χ2n) is 12.5. The largest absolute Gasteiger partial charge is 0.460 e. The maximum absolute atomic E-state index is 13.9. The predicted molar refractivity (Wildman–Crippen MR) is 164 cm³/mol. The van der Waals surface area contributed by atoms with Gasteiger partial charge in [0, 0.05) is 21.2 Å². The van der Waals surface area contributed by atoms with Gasteiger partial charge in [0.05, 0.1) is 24.7 Å². The van der Waals surface area contributed by atoms with Gasteiger partial charge in [-0.05, 0) is 45.1 Å². The molecule has 0 saturated heterocycles. The van der Waals surface area contributed by atoms with E-state index >= 15 is 0 Å². The Labute approximate surface area is 257 Å². The molecule has 2 N–H and O–H groups in total. The molecule has 0 heterocycles. The Hall–Kier alpha value is -3.18. The Morgan fingerprint density at radius 2 is 1.56 bits per heavy atom. The number of esters is 1. The van der Waals surface area contributed by atoms with Gasteiger partial charge in [0.2, 0.25) is 11.8 Å². The van der Waals surface area contributed by atoms with Crippen molar-refractivity contribution >= 4 is 23.9 Å². The average molecular weight is 608 g/mol. The highest BCUT2D eigenvalue weighted by atomic mass is 16.6. The van der Waals surface area contributed by atoms with Crippen LogP contribution in [0.15, 0.2) is 30.3 Å². The van der Waals surface area contributed by atoms with E-state index < -0.39 is 59.8 Å².